The molecular formula is C19H22N4O. The lowest BCUT2D eigenvalue weighted by molar-refractivity contribution is 0.302. The summed E-state index contributed by atoms with van der Waals surface area (Å²) in [6, 6.07) is 12.4. The van der Waals surface area contributed by atoms with E-state index in [4.69, 9.17) is 9.72 Å². The maximum Gasteiger partial charge on any atom is 0.132 e. The van der Waals surface area contributed by atoms with Crippen LogP contribution in [0, 0.1) is 0 Å². The molecule has 0 aliphatic carbocycles. The van der Waals surface area contributed by atoms with Gasteiger partial charge in [0.1, 0.15) is 18.2 Å². The monoisotopic (exact) mass is 322 g/mol. The first kappa shape index (κ1) is 15.1. The lowest BCUT2D eigenvalue weighted by atomic mass is 9.92. The minimum atomic E-state index is 0.449. The topological polar surface area (TPSA) is 62.8 Å². The highest BCUT2D eigenvalue weighted by molar-refractivity contribution is 5.75. The maximum absolute atomic E-state index is 5.79. The molecule has 0 saturated carbocycles. The second-order valence-electron chi connectivity index (χ2n) is 6.50. The molecule has 2 aromatic heterocycles. The number of ether oxygens (including phenoxy) is 1. The number of hydrogen-bond acceptors (Lipinski definition) is 4. The van der Waals surface area contributed by atoms with Gasteiger partial charge in [-0.2, -0.15) is 0 Å². The minimum Gasteiger partial charge on any atom is -0.487 e. The fourth-order valence-electron chi connectivity index (χ4n) is 3.31. The molecule has 1 aliphatic heterocycles. The Morgan fingerprint density at radius 1 is 1.25 bits per heavy atom. The van der Waals surface area contributed by atoms with Crippen LogP contribution in [0.3, 0.4) is 0 Å². The molecule has 0 spiro atoms. The van der Waals surface area contributed by atoms with Gasteiger partial charge in [0.15, 0.2) is 0 Å². The summed E-state index contributed by atoms with van der Waals surface area (Å²) < 4.78 is 5.79. The average molecular weight is 322 g/mol. The van der Waals surface area contributed by atoms with E-state index in [9.17, 15) is 0 Å². The summed E-state index contributed by atoms with van der Waals surface area (Å²) in [5, 5.41) is 3.48. The van der Waals surface area contributed by atoms with Crippen molar-refractivity contribution in [2.24, 2.45) is 0 Å². The Morgan fingerprint density at radius 2 is 2.12 bits per heavy atom. The number of benzene rings is 1. The largest absolute Gasteiger partial charge is 0.487 e. The molecule has 1 fully saturated rings. The van der Waals surface area contributed by atoms with Crippen LogP contribution < -0.4 is 10.1 Å². The zero-order chi connectivity index (χ0) is 16.4. The van der Waals surface area contributed by atoms with Crippen LogP contribution in [0.25, 0.3) is 11.0 Å². The molecule has 3 heterocycles. The zero-order valence-electron chi connectivity index (χ0n) is 13.8. The molecule has 2 N–H and O–H groups in total. The van der Waals surface area contributed by atoms with Gasteiger partial charge in [-0.3, -0.25) is 0 Å². The van der Waals surface area contributed by atoms with E-state index in [0.29, 0.717) is 18.6 Å². The highest BCUT2D eigenvalue weighted by atomic mass is 16.5. The van der Waals surface area contributed by atoms with E-state index < -0.39 is 0 Å². The molecule has 1 aliphatic rings. The lowest BCUT2D eigenvalue weighted by Crippen LogP contribution is -2.35. The third-order valence-electron chi connectivity index (χ3n) is 4.57. The zero-order valence-corrected chi connectivity index (χ0v) is 13.8. The first-order chi connectivity index (χ1) is 11.8. The molecule has 124 valence electrons. The van der Waals surface area contributed by atoms with E-state index in [0.717, 1.165) is 47.7 Å². The Bertz CT molecular complexity index is 815. The smallest absolute Gasteiger partial charge is 0.132 e. The first-order valence-corrected chi connectivity index (χ1v) is 8.54. The summed E-state index contributed by atoms with van der Waals surface area (Å²) in [5.41, 5.74) is 2.95. The average Bonchev–Trinajstić information content (AvgIpc) is 3.03. The van der Waals surface area contributed by atoms with Crippen molar-refractivity contribution in [3.8, 4) is 5.75 Å². The van der Waals surface area contributed by atoms with Gasteiger partial charge < -0.3 is 15.0 Å². The van der Waals surface area contributed by atoms with Gasteiger partial charge in [0.25, 0.3) is 0 Å². The SMILES string of the molecule is CC1CC(c2ncc3[nH]c(COc4ccccc4)cc3n2)CCN1. The number of para-hydroxylation sites is 1. The van der Waals surface area contributed by atoms with Crippen LogP contribution in [0.1, 0.15) is 37.2 Å². The summed E-state index contributed by atoms with van der Waals surface area (Å²) in [5.74, 6) is 2.28. The Labute approximate surface area is 141 Å². The second kappa shape index (κ2) is 6.61. The van der Waals surface area contributed by atoms with Crippen LogP contribution in [0.4, 0.5) is 0 Å². The molecule has 0 bridgehead atoms. The van der Waals surface area contributed by atoms with Gasteiger partial charge in [-0.15, -0.1) is 0 Å². The molecule has 0 amide bonds. The van der Waals surface area contributed by atoms with Gasteiger partial charge in [-0.05, 0) is 44.5 Å². The molecule has 2 unspecified atom stereocenters. The number of fused-ring (bicyclic) bond motifs is 1. The third-order valence-corrected chi connectivity index (χ3v) is 4.57. The van der Waals surface area contributed by atoms with Crippen LogP contribution in [-0.4, -0.2) is 27.5 Å². The number of hydrogen-bond donors (Lipinski definition) is 2. The van der Waals surface area contributed by atoms with Crippen molar-refractivity contribution >= 4 is 11.0 Å². The van der Waals surface area contributed by atoms with Crippen molar-refractivity contribution in [1.29, 1.82) is 0 Å². The quantitative estimate of drug-likeness (QED) is 0.773. The van der Waals surface area contributed by atoms with Gasteiger partial charge >= 0.3 is 0 Å². The number of nitrogens with zero attached hydrogens (tertiary/aromatic N) is 2. The number of nitrogens with one attached hydrogen (secondary N) is 2. The van der Waals surface area contributed by atoms with Gasteiger partial charge in [0.05, 0.1) is 22.9 Å². The summed E-state index contributed by atoms with van der Waals surface area (Å²) in [6.07, 6.45) is 4.10. The first-order valence-electron chi connectivity index (χ1n) is 8.54. The molecule has 3 aromatic rings. The van der Waals surface area contributed by atoms with Crippen molar-refractivity contribution in [3.63, 3.8) is 0 Å². The fraction of sp³-hybridized carbons (Fsp3) is 0.368. The Morgan fingerprint density at radius 3 is 2.96 bits per heavy atom. The highest BCUT2D eigenvalue weighted by Crippen LogP contribution is 2.26. The molecular weight excluding hydrogens is 300 g/mol. The predicted octanol–water partition coefficient (Wildman–Crippen LogP) is 3.39. The second-order valence-corrected chi connectivity index (χ2v) is 6.50. The number of rotatable bonds is 4. The predicted molar refractivity (Wildman–Crippen MR) is 94.1 cm³/mol. The third kappa shape index (κ3) is 3.26. The van der Waals surface area contributed by atoms with E-state index in [2.05, 4.69) is 28.3 Å². The van der Waals surface area contributed by atoms with Gasteiger partial charge in [0, 0.05) is 12.0 Å². The Kier molecular flexibility index (Phi) is 4.17. The van der Waals surface area contributed by atoms with Crippen LogP contribution in [0.15, 0.2) is 42.6 Å². The Balaban J connectivity index is 1.50. The van der Waals surface area contributed by atoms with Crippen LogP contribution in [0.5, 0.6) is 5.75 Å². The van der Waals surface area contributed by atoms with E-state index in [1.165, 1.54) is 0 Å². The molecule has 1 saturated heterocycles. The number of H-pyrrole nitrogens is 1. The van der Waals surface area contributed by atoms with Crippen molar-refractivity contribution in [1.82, 2.24) is 20.3 Å². The van der Waals surface area contributed by atoms with Crippen molar-refractivity contribution in [3.05, 3.63) is 54.1 Å². The number of aromatic nitrogens is 3. The van der Waals surface area contributed by atoms with Crippen molar-refractivity contribution < 1.29 is 4.74 Å². The standard InChI is InChI=1S/C19H22N4O/c1-13-9-14(7-8-20-13)19-21-11-18-17(23-19)10-15(22-18)12-24-16-5-3-2-4-6-16/h2-6,10-11,13-14,20,22H,7-9,12H2,1H3. The van der Waals surface area contributed by atoms with E-state index >= 15 is 0 Å². The van der Waals surface area contributed by atoms with E-state index in [1.807, 2.05) is 36.5 Å². The fourth-order valence-corrected chi connectivity index (χ4v) is 3.31. The van der Waals surface area contributed by atoms with Crippen LogP contribution in [-0.2, 0) is 6.61 Å². The number of aromatic amines is 1. The molecule has 0 radical (unpaired) electrons. The molecule has 1 aromatic carbocycles. The summed E-state index contributed by atoms with van der Waals surface area (Å²) >= 11 is 0. The lowest BCUT2D eigenvalue weighted by Gasteiger charge is -2.26. The minimum absolute atomic E-state index is 0.449. The van der Waals surface area contributed by atoms with Gasteiger partial charge in [-0.25, -0.2) is 9.97 Å². The highest BCUT2D eigenvalue weighted by Gasteiger charge is 2.22. The van der Waals surface area contributed by atoms with Crippen LogP contribution in [0.2, 0.25) is 0 Å². The van der Waals surface area contributed by atoms with Gasteiger partial charge in [0.2, 0.25) is 0 Å². The Hall–Kier alpha value is -2.40. The maximum atomic E-state index is 5.79. The summed E-state index contributed by atoms with van der Waals surface area (Å²) in [7, 11) is 0. The van der Waals surface area contributed by atoms with Crippen molar-refractivity contribution in [2.75, 3.05) is 6.54 Å². The van der Waals surface area contributed by atoms with Crippen LogP contribution >= 0.6 is 0 Å². The molecule has 24 heavy (non-hydrogen) atoms. The number of piperidine rings is 1. The summed E-state index contributed by atoms with van der Waals surface area (Å²) in [4.78, 5) is 12.7. The summed E-state index contributed by atoms with van der Waals surface area (Å²) in [6.45, 7) is 3.76. The van der Waals surface area contributed by atoms with Gasteiger partial charge in [-0.1, -0.05) is 18.2 Å². The van der Waals surface area contributed by atoms with E-state index in [1.54, 1.807) is 0 Å². The molecule has 2 atom stereocenters. The molecule has 5 nitrogen and oxygen atoms in total. The van der Waals surface area contributed by atoms with Crippen molar-refractivity contribution in [2.45, 2.75) is 38.3 Å². The van der Waals surface area contributed by atoms with E-state index in [-0.39, 0.29) is 0 Å². The molecule has 5 heteroatoms. The molecule has 4 rings (SSSR count). The normalized spacial score (nSPS) is 21.0.